The maximum atomic E-state index is 5.16. The van der Waals surface area contributed by atoms with E-state index in [-0.39, 0.29) is 18.9 Å². The standard InChI is InChI=1S/C7H13O.Li/c1-6-4-3-5-7(6)8-2;/h6-7H,1,3-5H2,2H3;/q-1;+1/t6-,7+;/m1./s1. The first-order valence-electron chi connectivity index (χ1n) is 3.20. The van der Waals surface area contributed by atoms with Crippen LogP contribution in [0, 0.1) is 12.8 Å². The molecule has 0 aromatic carbocycles. The van der Waals surface area contributed by atoms with Crippen molar-refractivity contribution in [1.29, 1.82) is 0 Å². The third-order valence-electron chi connectivity index (χ3n) is 1.89. The zero-order chi connectivity index (χ0) is 5.98. The molecule has 2 atom stereocenters. The molecule has 0 bridgehead atoms. The van der Waals surface area contributed by atoms with E-state index in [2.05, 4.69) is 6.92 Å². The number of methoxy groups -OCH3 is 1. The summed E-state index contributed by atoms with van der Waals surface area (Å²) < 4.78 is 5.16. The van der Waals surface area contributed by atoms with Gasteiger partial charge in [0.15, 0.2) is 0 Å². The van der Waals surface area contributed by atoms with Gasteiger partial charge in [0.25, 0.3) is 0 Å². The molecule has 0 heterocycles. The zero-order valence-corrected chi connectivity index (χ0v) is 6.39. The Labute approximate surface area is 69.3 Å². The summed E-state index contributed by atoms with van der Waals surface area (Å²) in [6.45, 7) is 3.96. The van der Waals surface area contributed by atoms with E-state index in [1.54, 1.807) is 7.11 Å². The average Bonchev–Trinajstić information content (AvgIpc) is 2.14. The van der Waals surface area contributed by atoms with Crippen LogP contribution in [-0.4, -0.2) is 13.2 Å². The molecule has 1 aliphatic carbocycles. The van der Waals surface area contributed by atoms with Gasteiger partial charge in [-0.3, -0.25) is 0 Å². The third kappa shape index (κ3) is 2.33. The molecule has 1 fully saturated rings. The average molecular weight is 120 g/mol. The molecule has 0 N–H and O–H groups in total. The third-order valence-corrected chi connectivity index (χ3v) is 1.89. The van der Waals surface area contributed by atoms with Gasteiger partial charge >= 0.3 is 18.9 Å². The molecular weight excluding hydrogens is 107 g/mol. The van der Waals surface area contributed by atoms with Gasteiger partial charge in [0.05, 0.1) is 0 Å². The molecule has 0 aromatic heterocycles. The van der Waals surface area contributed by atoms with E-state index in [1.807, 2.05) is 0 Å². The van der Waals surface area contributed by atoms with Gasteiger partial charge in [-0.15, -0.1) is 5.92 Å². The van der Waals surface area contributed by atoms with Crippen molar-refractivity contribution in [2.24, 2.45) is 5.92 Å². The van der Waals surface area contributed by atoms with Gasteiger partial charge in [-0.2, -0.15) is 0 Å². The van der Waals surface area contributed by atoms with Gasteiger partial charge in [-0.05, 0) is 6.42 Å². The molecule has 0 unspecified atom stereocenters. The summed E-state index contributed by atoms with van der Waals surface area (Å²) in [5.41, 5.74) is 0. The molecule has 0 spiro atoms. The van der Waals surface area contributed by atoms with E-state index in [0.29, 0.717) is 12.0 Å². The van der Waals surface area contributed by atoms with E-state index < -0.39 is 0 Å². The van der Waals surface area contributed by atoms with Crippen LogP contribution < -0.4 is 18.9 Å². The fraction of sp³-hybridized carbons (Fsp3) is 0.857. The van der Waals surface area contributed by atoms with Gasteiger partial charge < -0.3 is 11.7 Å². The Morgan fingerprint density at radius 1 is 1.44 bits per heavy atom. The maximum Gasteiger partial charge on any atom is 1.00 e. The van der Waals surface area contributed by atoms with Gasteiger partial charge in [-0.25, -0.2) is 0 Å². The van der Waals surface area contributed by atoms with Crippen molar-refractivity contribution in [3.8, 4) is 0 Å². The first kappa shape index (κ1) is 9.56. The Hall–Kier alpha value is 0.557. The molecule has 2 heteroatoms. The topological polar surface area (TPSA) is 9.23 Å². The Balaban J connectivity index is 0.000000640. The van der Waals surface area contributed by atoms with E-state index >= 15 is 0 Å². The van der Waals surface area contributed by atoms with Crippen LogP contribution in [0.3, 0.4) is 0 Å². The SMILES string of the molecule is [CH2-][C@@H]1CCC[C@@H]1OC.[Li+]. The van der Waals surface area contributed by atoms with Crippen molar-refractivity contribution < 1.29 is 23.6 Å². The van der Waals surface area contributed by atoms with Crippen LogP contribution in [0.15, 0.2) is 0 Å². The van der Waals surface area contributed by atoms with Crippen molar-refractivity contribution in [3.05, 3.63) is 6.92 Å². The Kier molecular flexibility index (Phi) is 4.66. The number of ether oxygens (including phenoxy) is 1. The van der Waals surface area contributed by atoms with E-state index in [1.165, 1.54) is 19.3 Å². The van der Waals surface area contributed by atoms with Gasteiger partial charge in [0.2, 0.25) is 0 Å². The normalized spacial score (nSPS) is 34.0. The molecule has 1 nitrogen and oxygen atoms in total. The Bertz CT molecular complexity index is 75.3. The van der Waals surface area contributed by atoms with Crippen LogP contribution in [0.4, 0.5) is 0 Å². The largest absolute Gasteiger partial charge is 1.00 e. The fourth-order valence-corrected chi connectivity index (χ4v) is 1.31. The van der Waals surface area contributed by atoms with Crippen molar-refractivity contribution in [1.82, 2.24) is 0 Å². The molecular formula is C7H13LiO. The summed E-state index contributed by atoms with van der Waals surface area (Å²) in [4.78, 5) is 0. The van der Waals surface area contributed by atoms with Crippen molar-refractivity contribution >= 4 is 0 Å². The first-order valence-corrected chi connectivity index (χ1v) is 3.20. The van der Waals surface area contributed by atoms with Gasteiger partial charge in [0, 0.05) is 13.2 Å². The van der Waals surface area contributed by atoms with E-state index in [9.17, 15) is 0 Å². The second-order valence-electron chi connectivity index (χ2n) is 2.47. The van der Waals surface area contributed by atoms with Crippen LogP contribution in [0.2, 0.25) is 0 Å². The minimum absolute atomic E-state index is 0. The molecule has 1 saturated carbocycles. The molecule has 1 rings (SSSR count). The minimum Gasteiger partial charge on any atom is -0.384 e. The molecule has 0 aliphatic heterocycles. The summed E-state index contributed by atoms with van der Waals surface area (Å²) in [6, 6.07) is 0. The number of hydrogen-bond donors (Lipinski definition) is 0. The summed E-state index contributed by atoms with van der Waals surface area (Å²) >= 11 is 0. The molecule has 48 valence electrons. The van der Waals surface area contributed by atoms with Crippen molar-refractivity contribution in [2.45, 2.75) is 25.4 Å². The molecule has 0 aromatic rings. The molecule has 0 saturated heterocycles. The number of rotatable bonds is 1. The maximum absolute atomic E-state index is 5.16. The quantitative estimate of drug-likeness (QED) is 0.307. The molecule has 1 aliphatic rings. The van der Waals surface area contributed by atoms with Crippen molar-refractivity contribution in [3.63, 3.8) is 0 Å². The monoisotopic (exact) mass is 120 g/mol. The van der Waals surface area contributed by atoms with Gasteiger partial charge in [-0.1, -0.05) is 12.8 Å². The Morgan fingerprint density at radius 3 is 2.33 bits per heavy atom. The van der Waals surface area contributed by atoms with Crippen LogP contribution >= 0.6 is 0 Å². The van der Waals surface area contributed by atoms with E-state index in [0.717, 1.165) is 0 Å². The second-order valence-corrected chi connectivity index (χ2v) is 2.47. The molecule has 0 radical (unpaired) electrons. The van der Waals surface area contributed by atoms with Crippen molar-refractivity contribution in [2.75, 3.05) is 7.11 Å². The van der Waals surface area contributed by atoms with Crippen LogP contribution in [0.25, 0.3) is 0 Å². The predicted octanol–water partition coefficient (Wildman–Crippen LogP) is -1.36. The molecule has 0 amide bonds. The minimum atomic E-state index is 0. The first-order chi connectivity index (χ1) is 3.84. The zero-order valence-electron chi connectivity index (χ0n) is 6.39. The predicted molar refractivity (Wildman–Crippen MR) is 33.5 cm³/mol. The molecule has 9 heavy (non-hydrogen) atoms. The van der Waals surface area contributed by atoms with Crippen LogP contribution in [0.5, 0.6) is 0 Å². The second kappa shape index (κ2) is 4.39. The van der Waals surface area contributed by atoms with Crippen LogP contribution in [0.1, 0.15) is 19.3 Å². The number of hydrogen-bond acceptors (Lipinski definition) is 1. The summed E-state index contributed by atoms with van der Waals surface area (Å²) in [5.74, 6) is 0.556. The fourth-order valence-electron chi connectivity index (χ4n) is 1.31. The summed E-state index contributed by atoms with van der Waals surface area (Å²) in [7, 11) is 1.77. The Morgan fingerprint density at radius 2 is 2.11 bits per heavy atom. The van der Waals surface area contributed by atoms with Crippen LogP contribution in [-0.2, 0) is 4.74 Å². The summed E-state index contributed by atoms with van der Waals surface area (Å²) in [6.07, 6.45) is 4.21. The van der Waals surface area contributed by atoms with Gasteiger partial charge in [0.1, 0.15) is 0 Å². The van der Waals surface area contributed by atoms with E-state index in [4.69, 9.17) is 4.74 Å². The smallest absolute Gasteiger partial charge is 0.384 e. The summed E-state index contributed by atoms with van der Waals surface area (Å²) in [5, 5.41) is 0.